The minimum absolute atomic E-state index is 0.215. The van der Waals surface area contributed by atoms with Crippen molar-refractivity contribution >= 4 is 11.6 Å². The van der Waals surface area contributed by atoms with Gasteiger partial charge in [-0.3, -0.25) is 4.79 Å². The lowest BCUT2D eigenvalue weighted by atomic mass is 10.4. The van der Waals surface area contributed by atoms with Crippen molar-refractivity contribution in [2.24, 2.45) is 0 Å². The Morgan fingerprint density at radius 3 is 3.00 bits per heavy atom. The summed E-state index contributed by atoms with van der Waals surface area (Å²) in [5.41, 5.74) is 0.522. The maximum Gasteiger partial charge on any atom is 0.264 e. The SMILES string of the molecule is O=c1cc(CCl)cn[nH]1. The van der Waals surface area contributed by atoms with Crippen LogP contribution in [0.2, 0.25) is 0 Å². The van der Waals surface area contributed by atoms with Gasteiger partial charge in [0, 0.05) is 11.9 Å². The molecule has 0 aromatic carbocycles. The molecule has 0 bridgehead atoms. The van der Waals surface area contributed by atoms with E-state index in [-0.39, 0.29) is 5.56 Å². The molecule has 9 heavy (non-hydrogen) atoms. The van der Waals surface area contributed by atoms with E-state index in [1.165, 1.54) is 12.3 Å². The molecule has 1 N–H and O–H groups in total. The summed E-state index contributed by atoms with van der Waals surface area (Å²) >= 11 is 5.41. The highest BCUT2D eigenvalue weighted by molar-refractivity contribution is 6.17. The molecular weight excluding hydrogens is 140 g/mol. The minimum Gasteiger partial charge on any atom is -0.268 e. The van der Waals surface area contributed by atoms with Gasteiger partial charge in [-0.25, -0.2) is 5.10 Å². The van der Waals surface area contributed by atoms with Gasteiger partial charge in [-0.15, -0.1) is 11.6 Å². The number of H-pyrrole nitrogens is 1. The van der Waals surface area contributed by atoms with Crippen molar-refractivity contribution in [1.29, 1.82) is 0 Å². The highest BCUT2D eigenvalue weighted by Gasteiger charge is 1.88. The van der Waals surface area contributed by atoms with Gasteiger partial charge in [0.05, 0.1) is 6.20 Å². The molecule has 3 nitrogen and oxygen atoms in total. The van der Waals surface area contributed by atoms with Crippen molar-refractivity contribution in [2.45, 2.75) is 5.88 Å². The molecule has 0 radical (unpaired) electrons. The Bertz CT molecular complexity index is 245. The first-order chi connectivity index (χ1) is 4.33. The molecule has 0 saturated carbocycles. The first-order valence-electron chi connectivity index (χ1n) is 2.42. The Morgan fingerprint density at radius 1 is 1.78 bits per heavy atom. The molecule has 0 fully saturated rings. The van der Waals surface area contributed by atoms with E-state index in [0.717, 1.165) is 5.56 Å². The quantitative estimate of drug-likeness (QED) is 0.584. The molecule has 1 rings (SSSR count). The number of hydrogen-bond acceptors (Lipinski definition) is 2. The van der Waals surface area contributed by atoms with Crippen LogP contribution in [0.25, 0.3) is 0 Å². The topological polar surface area (TPSA) is 45.8 Å². The third-order valence-electron chi connectivity index (χ3n) is 0.876. The van der Waals surface area contributed by atoms with Crippen LogP contribution in [0.1, 0.15) is 5.56 Å². The molecule has 0 saturated heterocycles. The maximum atomic E-state index is 10.5. The van der Waals surface area contributed by atoms with Crippen LogP contribution >= 0.6 is 11.6 Å². The number of aromatic amines is 1. The van der Waals surface area contributed by atoms with E-state index in [0.29, 0.717) is 5.88 Å². The van der Waals surface area contributed by atoms with Gasteiger partial charge in [0.1, 0.15) is 0 Å². The third kappa shape index (κ3) is 1.54. The zero-order valence-corrected chi connectivity index (χ0v) is 5.35. The number of alkyl halides is 1. The summed E-state index contributed by atoms with van der Waals surface area (Å²) in [7, 11) is 0. The lowest BCUT2D eigenvalue weighted by Crippen LogP contribution is -2.06. The van der Waals surface area contributed by atoms with Crippen molar-refractivity contribution in [3.05, 3.63) is 28.2 Å². The zero-order chi connectivity index (χ0) is 6.69. The number of nitrogens with zero attached hydrogens (tertiary/aromatic N) is 1. The Hall–Kier alpha value is -0.830. The highest BCUT2D eigenvalue weighted by atomic mass is 35.5. The molecule has 1 aromatic rings. The normalized spacial score (nSPS) is 9.44. The Labute approximate surface area is 56.7 Å². The zero-order valence-electron chi connectivity index (χ0n) is 4.60. The molecule has 48 valence electrons. The first kappa shape index (κ1) is 6.29. The average Bonchev–Trinajstić information content (AvgIpc) is 1.88. The summed E-state index contributed by atoms with van der Waals surface area (Å²) < 4.78 is 0. The van der Waals surface area contributed by atoms with Crippen LogP contribution in [0.15, 0.2) is 17.1 Å². The van der Waals surface area contributed by atoms with E-state index in [2.05, 4.69) is 10.2 Å². The van der Waals surface area contributed by atoms with E-state index >= 15 is 0 Å². The lowest BCUT2D eigenvalue weighted by molar-refractivity contribution is 0.970. The number of hydrogen-bond donors (Lipinski definition) is 1. The molecular formula is C5H5ClN2O. The van der Waals surface area contributed by atoms with Gasteiger partial charge in [-0.1, -0.05) is 0 Å². The van der Waals surface area contributed by atoms with Gasteiger partial charge in [0.25, 0.3) is 5.56 Å². The average molecular weight is 145 g/mol. The summed E-state index contributed by atoms with van der Waals surface area (Å²) in [6, 6.07) is 1.42. The van der Waals surface area contributed by atoms with Crippen molar-refractivity contribution in [3.63, 3.8) is 0 Å². The second-order valence-electron chi connectivity index (χ2n) is 1.59. The molecule has 0 unspecified atom stereocenters. The molecule has 4 heteroatoms. The largest absolute Gasteiger partial charge is 0.268 e. The number of halogens is 1. The second-order valence-corrected chi connectivity index (χ2v) is 1.85. The van der Waals surface area contributed by atoms with Crippen LogP contribution in [-0.4, -0.2) is 10.2 Å². The monoisotopic (exact) mass is 144 g/mol. The molecule has 0 aliphatic carbocycles. The fourth-order valence-corrected chi connectivity index (χ4v) is 0.636. The van der Waals surface area contributed by atoms with E-state index in [9.17, 15) is 4.79 Å². The van der Waals surface area contributed by atoms with Crippen molar-refractivity contribution < 1.29 is 0 Å². The molecule has 0 aliphatic rings. The third-order valence-corrected chi connectivity index (χ3v) is 1.18. The molecule has 0 aliphatic heterocycles. The Morgan fingerprint density at radius 2 is 2.56 bits per heavy atom. The van der Waals surface area contributed by atoms with Crippen LogP contribution in [0.3, 0.4) is 0 Å². The Balaban J connectivity index is 3.08. The molecule has 0 amide bonds. The smallest absolute Gasteiger partial charge is 0.264 e. The number of aromatic nitrogens is 2. The van der Waals surface area contributed by atoms with Crippen LogP contribution in [0.4, 0.5) is 0 Å². The number of rotatable bonds is 1. The fraction of sp³-hybridized carbons (Fsp3) is 0.200. The summed E-state index contributed by atoms with van der Waals surface area (Å²) in [5, 5.41) is 5.77. The molecule has 1 aromatic heterocycles. The first-order valence-corrected chi connectivity index (χ1v) is 2.96. The van der Waals surface area contributed by atoms with Crippen molar-refractivity contribution in [1.82, 2.24) is 10.2 Å². The summed E-state index contributed by atoms with van der Waals surface area (Å²) in [5.74, 6) is 0.330. The van der Waals surface area contributed by atoms with E-state index < -0.39 is 0 Å². The van der Waals surface area contributed by atoms with Gasteiger partial charge in [-0.2, -0.15) is 5.10 Å². The van der Waals surface area contributed by atoms with Crippen LogP contribution < -0.4 is 5.56 Å². The summed E-state index contributed by atoms with van der Waals surface area (Å²) in [4.78, 5) is 10.5. The highest BCUT2D eigenvalue weighted by Crippen LogP contribution is 1.94. The molecule has 0 spiro atoms. The van der Waals surface area contributed by atoms with Crippen LogP contribution in [-0.2, 0) is 5.88 Å². The molecule has 0 atom stereocenters. The van der Waals surface area contributed by atoms with E-state index in [1.807, 2.05) is 0 Å². The van der Waals surface area contributed by atoms with E-state index in [1.54, 1.807) is 0 Å². The van der Waals surface area contributed by atoms with Crippen LogP contribution in [0.5, 0.6) is 0 Å². The fourth-order valence-electron chi connectivity index (χ4n) is 0.490. The lowest BCUT2D eigenvalue weighted by Gasteiger charge is -1.87. The standard InChI is InChI=1S/C5H5ClN2O/c6-2-4-1-5(9)8-7-3-4/h1,3H,2H2,(H,8,9). The maximum absolute atomic E-state index is 10.5. The predicted molar refractivity (Wildman–Crippen MR) is 34.4 cm³/mol. The van der Waals surface area contributed by atoms with Crippen molar-refractivity contribution in [2.75, 3.05) is 0 Å². The Kier molecular flexibility index (Phi) is 1.85. The van der Waals surface area contributed by atoms with Gasteiger partial charge in [0.15, 0.2) is 0 Å². The van der Waals surface area contributed by atoms with E-state index in [4.69, 9.17) is 11.6 Å². The predicted octanol–water partition coefficient (Wildman–Crippen LogP) is 0.509. The van der Waals surface area contributed by atoms with Gasteiger partial charge >= 0.3 is 0 Å². The number of nitrogens with one attached hydrogen (secondary N) is 1. The van der Waals surface area contributed by atoms with Gasteiger partial charge < -0.3 is 0 Å². The second kappa shape index (κ2) is 2.64. The molecule has 1 heterocycles. The minimum atomic E-state index is -0.215. The van der Waals surface area contributed by atoms with Gasteiger partial charge in [-0.05, 0) is 5.56 Å². The van der Waals surface area contributed by atoms with Crippen molar-refractivity contribution in [3.8, 4) is 0 Å². The summed E-state index contributed by atoms with van der Waals surface area (Å²) in [6.07, 6.45) is 1.52. The van der Waals surface area contributed by atoms with Crippen LogP contribution in [0, 0.1) is 0 Å². The van der Waals surface area contributed by atoms with Gasteiger partial charge in [0.2, 0.25) is 0 Å². The summed E-state index contributed by atoms with van der Waals surface area (Å²) in [6.45, 7) is 0.